The van der Waals surface area contributed by atoms with Crippen LogP contribution < -0.4 is 16.0 Å². The maximum absolute atomic E-state index is 13.8. The molecule has 1 aliphatic heterocycles. The zero-order valence-corrected chi connectivity index (χ0v) is 15.5. The van der Waals surface area contributed by atoms with Gasteiger partial charge in [-0.3, -0.25) is 14.7 Å². The van der Waals surface area contributed by atoms with E-state index < -0.39 is 5.76 Å². The van der Waals surface area contributed by atoms with Gasteiger partial charge in [0.05, 0.1) is 12.1 Å². The largest absolute Gasteiger partial charge is 0.417 e. The number of aryl methyl sites for hydroxylation is 1. The van der Waals surface area contributed by atoms with Crippen molar-refractivity contribution in [1.82, 2.24) is 9.88 Å². The first-order valence-corrected chi connectivity index (χ1v) is 9.14. The smallest absolute Gasteiger partial charge is 0.408 e. The van der Waals surface area contributed by atoms with Crippen molar-refractivity contribution in [3.63, 3.8) is 0 Å². The fraction of sp³-hybridized carbons (Fsp3) is 0.300. The van der Waals surface area contributed by atoms with E-state index in [1.807, 2.05) is 6.07 Å². The van der Waals surface area contributed by atoms with Crippen molar-refractivity contribution < 1.29 is 13.6 Å². The van der Waals surface area contributed by atoms with Gasteiger partial charge in [-0.2, -0.15) is 0 Å². The van der Waals surface area contributed by atoms with E-state index in [1.165, 1.54) is 0 Å². The van der Waals surface area contributed by atoms with Gasteiger partial charge >= 0.3 is 5.76 Å². The van der Waals surface area contributed by atoms with Crippen LogP contribution in [0.2, 0.25) is 0 Å². The number of carbonyl (C=O) groups excluding carboxylic acids is 1. The van der Waals surface area contributed by atoms with E-state index in [4.69, 9.17) is 4.42 Å². The molecule has 28 heavy (non-hydrogen) atoms. The maximum Gasteiger partial charge on any atom is 0.417 e. The summed E-state index contributed by atoms with van der Waals surface area (Å²) in [5.41, 5.74) is 3.08. The van der Waals surface area contributed by atoms with Gasteiger partial charge in [0, 0.05) is 43.6 Å². The standard InChI is InChI=1S/C20H21FN4O3/c1-13-2-4-15(11-16(13)21)25-8-6-24(7-9-25)12-19(26)22-14-3-5-17-18(10-14)28-20(27)23-17/h2-5,10-11H,6-9,12H2,1H3,(H,22,26)(H,23,27). The molecule has 1 saturated heterocycles. The summed E-state index contributed by atoms with van der Waals surface area (Å²) in [6, 6.07) is 10.3. The summed E-state index contributed by atoms with van der Waals surface area (Å²) in [6.45, 7) is 4.91. The van der Waals surface area contributed by atoms with Gasteiger partial charge in [0.1, 0.15) is 5.82 Å². The summed E-state index contributed by atoms with van der Waals surface area (Å²) in [6.07, 6.45) is 0. The molecule has 1 amide bonds. The van der Waals surface area contributed by atoms with E-state index in [2.05, 4.69) is 20.1 Å². The van der Waals surface area contributed by atoms with Crippen LogP contribution in [-0.2, 0) is 4.79 Å². The van der Waals surface area contributed by atoms with Crippen LogP contribution in [0.4, 0.5) is 15.8 Å². The fourth-order valence-electron chi connectivity index (χ4n) is 3.37. The molecule has 2 heterocycles. The molecule has 7 nitrogen and oxygen atoms in total. The molecule has 0 bridgehead atoms. The number of rotatable bonds is 4. The molecule has 8 heteroatoms. The van der Waals surface area contributed by atoms with Crippen LogP contribution in [0.1, 0.15) is 5.56 Å². The van der Waals surface area contributed by atoms with Crippen molar-refractivity contribution in [2.45, 2.75) is 6.92 Å². The van der Waals surface area contributed by atoms with Gasteiger partial charge in [0.25, 0.3) is 0 Å². The van der Waals surface area contributed by atoms with Crippen LogP contribution in [0.3, 0.4) is 0 Å². The lowest BCUT2D eigenvalue weighted by molar-refractivity contribution is -0.117. The summed E-state index contributed by atoms with van der Waals surface area (Å²) in [7, 11) is 0. The highest BCUT2D eigenvalue weighted by atomic mass is 19.1. The zero-order valence-electron chi connectivity index (χ0n) is 15.5. The van der Waals surface area contributed by atoms with Crippen molar-refractivity contribution in [3.05, 3.63) is 58.3 Å². The van der Waals surface area contributed by atoms with Crippen molar-refractivity contribution >= 4 is 28.4 Å². The van der Waals surface area contributed by atoms with Crippen molar-refractivity contribution in [1.29, 1.82) is 0 Å². The number of H-pyrrole nitrogens is 1. The third-order valence-electron chi connectivity index (χ3n) is 4.96. The molecular formula is C20H21FN4O3. The Hall–Kier alpha value is -3.13. The molecule has 0 saturated carbocycles. The van der Waals surface area contributed by atoms with E-state index in [0.717, 1.165) is 18.8 Å². The Kier molecular flexibility index (Phi) is 4.87. The number of carbonyl (C=O) groups is 1. The highest BCUT2D eigenvalue weighted by molar-refractivity contribution is 5.94. The Morgan fingerprint density at radius 3 is 2.71 bits per heavy atom. The van der Waals surface area contributed by atoms with Gasteiger partial charge in [0.2, 0.25) is 5.91 Å². The predicted molar refractivity (Wildman–Crippen MR) is 105 cm³/mol. The number of benzene rings is 2. The molecule has 0 radical (unpaired) electrons. The second-order valence-corrected chi connectivity index (χ2v) is 6.97. The quantitative estimate of drug-likeness (QED) is 0.722. The first-order chi connectivity index (χ1) is 13.5. The molecule has 3 aromatic rings. The minimum atomic E-state index is -0.523. The Morgan fingerprint density at radius 1 is 1.18 bits per heavy atom. The van der Waals surface area contributed by atoms with Crippen LogP contribution in [0.5, 0.6) is 0 Å². The number of hydrogen-bond donors (Lipinski definition) is 2. The summed E-state index contributed by atoms with van der Waals surface area (Å²) in [5, 5.41) is 2.83. The number of oxazole rings is 1. The van der Waals surface area contributed by atoms with Gasteiger partial charge in [0.15, 0.2) is 5.58 Å². The third-order valence-corrected chi connectivity index (χ3v) is 4.96. The summed E-state index contributed by atoms with van der Waals surface area (Å²) >= 11 is 0. The Labute approximate surface area is 160 Å². The van der Waals surface area contributed by atoms with Gasteiger partial charge in [-0.1, -0.05) is 6.07 Å². The fourth-order valence-corrected chi connectivity index (χ4v) is 3.37. The van der Waals surface area contributed by atoms with Crippen molar-refractivity contribution in [2.75, 3.05) is 42.9 Å². The SMILES string of the molecule is Cc1ccc(N2CCN(CC(=O)Nc3ccc4[nH]c(=O)oc4c3)CC2)cc1F. The number of aromatic amines is 1. The number of amides is 1. The molecule has 0 spiro atoms. The van der Waals surface area contributed by atoms with Crippen LogP contribution >= 0.6 is 0 Å². The number of nitrogens with zero attached hydrogens (tertiary/aromatic N) is 2. The predicted octanol–water partition coefficient (Wildman–Crippen LogP) is 2.33. The molecule has 2 N–H and O–H groups in total. The molecule has 4 rings (SSSR count). The second-order valence-electron chi connectivity index (χ2n) is 6.97. The normalized spacial score (nSPS) is 15.1. The number of nitrogens with one attached hydrogen (secondary N) is 2. The Morgan fingerprint density at radius 2 is 1.96 bits per heavy atom. The number of halogens is 1. The molecule has 0 unspecified atom stereocenters. The van der Waals surface area contributed by atoms with Gasteiger partial charge in [-0.05, 0) is 36.8 Å². The first-order valence-electron chi connectivity index (χ1n) is 9.14. The Bertz CT molecular complexity index is 1070. The molecule has 1 aliphatic rings. The minimum Gasteiger partial charge on any atom is -0.408 e. The third kappa shape index (κ3) is 3.91. The van der Waals surface area contributed by atoms with Gasteiger partial charge in [-0.15, -0.1) is 0 Å². The number of hydrogen-bond acceptors (Lipinski definition) is 5. The summed E-state index contributed by atoms with van der Waals surface area (Å²) in [4.78, 5) is 30.3. The lowest BCUT2D eigenvalue weighted by Crippen LogP contribution is -2.48. The van der Waals surface area contributed by atoms with E-state index in [-0.39, 0.29) is 18.3 Å². The monoisotopic (exact) mass is 384 g/mol. The molecule has 0 atom stereocenters. The molecule has 2 aromatic carbocycles. The average molecular weight is 384 g/mol. The Balaban J connectivity index is 1.31. The molecule has 1 fully saturated rings. The van der Waals surface area contributed by atoms with Gasteiger partial charge < -0.3 is 14.6 Å². The van der Waals surface area contributed by atoms with E-state index >= 15 is 0 Å². The first kappa shape index (κ1) is 18.2. The minimum absolute atomic E-state index is 0.132. The highest BCUT2D eigenvalue weighted by Gasteiger charge is 2.20. The lowest BCUT2D eigenvalue weighted by atomic mass is 10.2. The van der Waals surface area contributed by atoms with Crippen molar-refractivity contribution in [2.24, 2.45) is 0 Å². The number of fused-ring (bicyclic) bond motifs is 1. The molecule has 146 valence electrons. The van der Waals surface area contributed by atoms with Crippen molar-refractivity contribution in [3.8, 4) is 0 Å². The molecule has 0 aliphatic carbocycles. The van der Waals surface area contributed by atoms with Crippen LogP contribution in [0.25, 0.3) is 11.1 Å². The topological polar surface area (TPSA) is 81.6 Å². The zero-order chi connectivity index (χ0) is 19.7. The number of anilines is 2. The van der Waals surface area contributed by atoms with Crippen LogP contribution in [-0.4, -0.2) is 48.5 Å². The molecule has 1 aromatic heterocycles. The highest BCUT2D eigenvalue weighted by Crippen LogP contribution is 2.20. The van der Waals surface area contributed by atoms with Crippen LogP contribution in [0.15, 0.2) is 45.6 Å². The maximum atomic E-state index is 13.8. The second kappa shape index (κ2) is 7.47. The molecular weight excluding hydrogens is 363 g/mol. The van der Waals surface area contributed by atoms with Crippen LogP contribution in [0, 0.1) is 12.7 Å². The number of aromatic nitrogens is 1. The van der Waals surface area contributed by atoms with E-state index in [9.17, 15) is 14.0 Å². The summed E-state index contributed by atoms with van der Waals surface area (Å²) < 4.78 is 18.8. The van der Waals surface area contributed by atoms with Gasteiger partial charge in [-0.25, -0.2) is 9.18 Å². The summed E-state index contributed by atoms with van der Waals surface area (Å²) in [5.74, 6) is -0.855. The average Bonchev–Trinajstić information content (AvgIpc) is 3.04. The lowest BCUT2D eigenvalue weighted by Gasteiger charge is -2.35. The van der Waals surface area contributed by atoms with E-state index in [0.29, 0.717) is 35.4 Å². The number of piperazine rings is 1. The van der Waals surface area contributed by atoms with E-state index in [1.54, 1.807) is 37.3 Å².